The van der Waals surface area contributed by atoms with Crippen LogP contribution in [0.1, 0.15) is 22.8 Å². The minimum atomic E-state index is 0.748. The highest BCUT2D eigenvalue weighted by molar-refractivity contribution is 5.15. The van der Waals surface area contributed by atoms with Gasteiger partial charge in [0.1, 0.15) is 17.3 Å². The number of hydrogen-bond donors (Lipinski definition) is 1. The maximum atomic E-state index is 5.45. The zero-order valence-corrected chi connectivity index (χ0v) is 9.04. The van der Waals surface area contributed by atoms with Crippen molar-refractivity contribution in [2.24, 2.45) is 0 Å². The van der Waals surface area contributed by atoms with Crippen LogP contribution in [0.3, 0.4) is 0 Å². The molecule has 1 N–H and O–H groups in total. The van der Waals surface area contributed by atoms with E-state index in [-0.39, 0.29) is 0 Å². The quantitative estimate of drug-likeness (QED) is 0.834. The smallest absolute Gasteiger partial charge is 0.117 e. The van der Waals surface area contributed by atoms with Crippen molar-refractivity contribution in [3.63, 3.8) is 0 Å². The predicted molar refractivity (Wildman–Crippen MR) is 57.4 cm³/mol. The molecule has 2 rings (SSSR count). The van der Waals surface area contributed by atoms with Crippen LogP contribution in [0.5, 0.6) is 0 Å². The Morgan fingerprint density at radius 1 is 1.13 bits per heavy atom. The molecule has 0 atom stereocenters. The van der Waals surface area contributed by atoms with E-state index in [0.29, 0.717) is 0 Å². The molecule has 0 fully saturated rings. The molecule has 0 aliphatic heterocycles. The van der Waals surface area contributed by atoms with Crippen molar-refractivity contribution in [2.45, 2.75) is 26.9 Å². The Balaban J connectivity index is 1.83. The largest absolute Gasteiger partial charge is 0.469 e. The van der Waals surface area contributed by atoms with Gasteiger partial charge in [0.25, 0.3) is 0 Å². The highest BCUT2D eigenvalue weighted by atomic mass is 16.3. The third-order valence-electron chi connectivity index (χ3n) is 2.38. The minimum absolute atomic E-state index is 0.748. The first kappa shape index (κ1) is 10.1. The predicted octanol–water partition coefficient (Wildman–Crippen LogP) is 2.78. The summed E-state index contributed by atoms with van der Waals surface area (Å²) in [7, 11) is 0. The van der Waals surface area contributed by atoms with E-state index in [1.165, 1.54) is 5.56 Å². The van der Waals surface area contributed by atoms with Gasteiger partial charge < -0.3 is 14.2 Å². The Labute approximate surface area is 89.1 Å². The Morgan fingerprint density at radius 3 is 2.60 bits per heavy atom. The molecule has 0 radical (unpaired) electrons. The van der Waals surface area contributed by atoms with Crippen LogP contribution >= 0.6 is 0 Å². The monoisotopic (exact) mass is 205 g/mol. The van der Waals surface area contributed by atoms with Gasteiger partial charge in [0.05, 0.1) is 12.8 Å². The number of furan rings is 2. The van der Waals surface area contributed by atoms with Gasteiger partial charge in [-0.3, -0.25) is 0 Å². The Morgan fingerprint density at radius 2 is 2.00 bits per heavy atom. The number of aryl methyl sites for hydroxylation is 2. The molecule has 15 heavy (non-hydrogen) atoms. The summed E-state index contributed by atoms with van der Waals surface area (Å²) in [5.41, 5.74) is 1.19. The van der Waals surface area contributed by atoms with Gasteiger partial charge in [0.2, 0.25) is 0 Å². The van der Waals surface area contributed by atoms with E-state index >= 15 is 0 Å². The highest BCUT2D eigenvalue weighted by Crippen LogP contribution is 2.09. The van der Waals surface area contributed by atoms with Crippen molar-refractivity contribution < 1.29 is 8.83 Å². The summed E-state index contributed by atoms with van der Waals surface area (Å²) in [5, 5.41) is 3.30. The first-order valence-electron chi connectivity index (χ1n) is 5.04. The third kappa shape index (κ3) is 2.50. The number of hydrogen-bond acceptors (Lipinski definition) is 3. The fraction of sp³-hybridized carbons (Fsp3) is 0.333. The second kappa shape index (κ2) is 4.36. The summed E-state index contributed by atoms with van der Waals surface area (Å²) >= 11 is 0. The molecule has 0 saturated heterocycles. The molecule has 2 aromatic rings. The van der Waals surface area contributed by atoms with Crippen LogP contribution in [0.15, 0.2) is 33.3 Å². The molecule has 0 aliphatic carbocycles. The molecular formula is C12H15NO2. The van der Waals surface area contributed by atoms with Crippen LogP contribution in [-0.2, 0) is 13.1 Å². The van der Waals surface area contributed by atoms with Gasteiger partial charge in [-0.1, -0.05) is 0 Å². The summed E-state index contributed by atoms with van der Waals surface area (Å²) in [6.45, 7) is 5.47. The molecule has 0 bridgehead atoms. The lowest BCUT2D eigenvalue weighted by Crippen LogP contribution is -2.12. The molecule has 80 valence electrons. The number of nitrogens with one attached hydrogen (secondary N) is 1. The highest BCUT2D eigenvalue weighted by Gasteiger charge is 2.01. The SMILES string of the molecule is Cc1ccc(CNCc2ccoc2C)o1. The second-order valence-electron chi connectivity index (χ2n) is 3.62. The van der Waals surface area contributed by atoms with E-state index in [9.17, 15) is 0 Å². The van der Waals surface area contributed by atoms with Crippen LogP contribution < -0.4 is 5.32 Å². The Hall–Kier alpha value is -1.48. The molecule has 3 heteroatoms. The van der Waals surface area contributed by atoms with Gasteiger partial charge in [-0.25, -0.2) is 0 Å². The third-order valence-corrected chi connectivity index (χ3v) is 2.38. The molecular weight excluding hydrogens is 190 g/mol. The van der Waals surface area contributed by atoms with Crippen molar-refractivity contribution in [1.29, 1.82) is 0 Å². The zero-order valence-electron chi connectivity index (χ0n) is 9.04. The molecule has 0 aliphatic rings. The van der Waals surface area contributed by atoms with Gasteiger partial charge in [-0.2, -0.15) is 0 Å². The average Bonchev–Trinajstić information content (AvgIpc) is 2.77. The Bertz CT molecular complexity index is 428. The van der Waals surface area contributed by atoms with E-state index in [1.54, 1.807) is 6.26 Å². The molecule has 0 spiro atoms. The lowest BCUT2D eigenvalue weighted by atomic mass is 10.2. The van der Waals surface area contributed by atoms with E-state index in [2.05, 4.69) is 5.32 Å². The summed E-state index contributed by atoms with van der Waals surface area (Å²) in [6, 6.07) is 5.94. The fourth-order valence-electron chi connectivity index (χ4n) is 1.50. The average molecular weight is 205 g/mol. The van der Waals surface area contributed by atoms with E-state index in [4.69, 9.17) is 8.83 Å². The maximum absolute atomic E-state index is 5.45. The van der Waals surface area contributed by atoms with Gasteiger partial charge in [0, 0.05) is 12.1 Å². The minimum Gasteiger partial charge on any atom is -0.469 e. The molecule has 0 aromatic carbocycles. The molecule has 2 heterocycles. The second-order valence-corrected chi connectivity index (χ2v) is 3.62. The topological polar surface area (TPSA) is 38.3 Å². The van der Waals surface area contributed by atoms with E-state index in [1.807, 2.05) is 32.0 Å². The van der Waals surface area contributed by atoms with Gasteiger partial charge >= 0.3 is 0 Å². The van der Waals surface area contributed by atoms with Crippen molar-refractivity contribution in [3.8, 4) is 0 Å². The normalized spacial score (nSPS) is 10.8. The lowest BCUT2D eigenvalue weighted by Gasteiger charge is -2.01. The lowest BCUT2D eigenvalue weighted by molar-refractivity contribution is 0.460. The van der Waals surface area contributed by atoms with Gasteiger partial charge in [-0.05, 0) is 32.0 Å². The molecule has 0 unspecified atom stereocenters. The summed E-state index contributed by atoms with van der Waals surface area (Å²) in [6.07, 6.45) is 1.71. The van der Waals surface area contributed by atoms with Crippen LogP contribution in [0.25, 0.3) is 0 Å². The molecule has 3 nitrogen and oxygen atoms in total. The molecule has 0 amide bonds. The Kier molecular flexibility index (Phi) is 2.92. The van der Waals surface area contributed by atoms with E-state index < -0.39 is 0 Å². The maximum Gasteiger partial charge on any atom is 0.117 e. The van der Waals surface area contributed by atoms with Gasteiger partial charge in [0.15, 0.2) is 0 Å². The first-order chi connectivity index (χ1) is 7.25. The zero-order chi connectivity index (χ0) is 10.7. The van der Waals surface area contributed by atoms with Gasteiger partial charge in [-0.15, -0.1) is 0 Å². The van der Waals surface area contributed by atoms with Crippen LogP contribution in [0, 0.1) is 13.8 Å². The fourth-order valence-corrected chi connectivity index (χ4v) is 1.50. The summed E-state index contributed by atoms with van der Waals surface area (Å²) < 4.78 is 10.7. The van der Waals surface area contributed by atoms with Crippen LogP contribution in [-0.4, -0.2) is 0 Å². The van der Waals surface area contributed by atoms with Crippen LogP contribution in [0.2, 0.25) is 0 Å². The summed E-state index contributed by atoms with van der Waals surface area (Å²) in [4.78, 5) is 0. The van der Waals surface area contributed by atoms with Crippen LogP contribution in [0.4, 0.5) is 0 Å². The van der Waals surface area contributed by atoms with Crippen molar-refractivity contribution >= 4 is 0 Å². The van der Waals surface area contributed by atoms with Crippen molar-refractivity contribution in [1.82, 2.24) is 5.32 Å². The molecule has 2 aromatic heterocycles. The molecule has 0 saturated carbocycles. The van der Waals surface area contributed by atoms with Crippen molar-refractivity contribution in [3.05, 3.63) is 47.3 Å². The van der Waals surface area contributed by atoms with E-state index in [0.717, 1.165) is 30.4 Å². The van der Waals surface area contributed by atoms with Crippen molar-refractivity contribution in [2.75, 3.05) is 0 Å². The standard InChI is InChI=1S/C12H15NO2/c1-9-3-4-12(15-9)8-13-7-11-5-6-14-10(11)2/h3-6,13H,7-8H2,1-2H3. The summed E-state index contributed by atoms with van der Waals surface area (Å²) in [5.74, 6) is 2.89. The number of rotatable bonds is 4. The first-order valence-corrected chi connectivity index (χ1v) is 5.04.